The zero-order valence-corrected chi connectivity index (χ0v) is 38.9. The first-order valence-corrected chi connectivity index (χ1v) is 24.6. The predicted molar refractivity (Wildman–Crippen MR) is 261 cm³/mol. The number of piperidine rings is 3. The number of carbonyl (C=O) groups excluding carboxylic acids is 2. The highest BCUT2D eigenvalue weighted by molar-refractivity contribution is 6.17. The second-order valence-corrected chi connectivity index (χ2v) is 20.3. The standard InChI is InChI=1S/C53H58F2N10O4/c1-3-37-42(54)10-5-32-22-36(66)24-40(45(32)37)48-46(55)49-41(25-58-48)50(65-26-33-6-7-34(27-65)59-33)62-52(61-49)69-29-53(16-17-53)28-63-18-14-35(15-19-63)64-20-12-30(13-21-64)31-4-8-38(43(23-31)57-2)47(56)39-9-11-44(67)60-51(39)68/h1,4-5,8,10,22-25,30,33-35,39,56-57,59,66H,6-7,9,11-21,26-29H2,2H3,(H,60,67,68). The number of hydrogen-bond donors (Lipinski definition) is 5. The number of anilines is 2. The molecule has 6 aliphatic rings. The van der Waals surface area contributed by atoms with Crippen LogP contribution < -0.4 is 25.6 Å². The summed E-state index contributed by atoms with van der Waals surface area (Å²) in [5, 5.41) is 30.0. The van der Waals surface area contributed by atoms with E-state index >= 15 is 8.78 Å². The van der Waals surface area contributed by atoms with Crippen molar-refractivity contribution in [3.05, 3.63) is 77.0 Å². The molecular weight excluding hydrogens is 879 g/mol. The molecule has 5 aromatic rings. The molecule has 2 aromatic heterocycles. The number of carbonyl (C=O) groups is 2. The molecule has 3 aromatic carbocycles. The normalized spacial score (nSPS) is 23.3. The van der Waals surface area contributed by atoms with Crippen LogP contribution in [-0.4, -0.2) is 125 Å². The lowest BCUT2D eigenvalue weighted by atomic mass is 9.84. The molecule has 11 rings (SSSR count). The van der Waals surface area contributed by atoms with E-state index in [1.165, 1.54) is 29.8 Å². The number of hydrogen-bond acceptors (Lipinski definition) is 13. The molecule has 1 saturated carbocycles. The van der Waals surface area contributed by atoms with Gasteiger partial charge in [-0.15, -0.1) is 6.42 Å². The summed E-state index contributed by atoms with van der Waals surface area (Å²) in [6.45, 7) is 6.83. The summed E-state index contributed by atoms with van der Waals surface area (Å²) >= 11 is 0. The number of nitrogens with zero attached hydrogens (tertiary/aromatic N) is 6. The Kier molecular flexibility index (Phi) is 11.9. The Morgan fingerprint density at radius 1 is 0.986 bits per heavy atom. The Balaban J connectivity index is 0.748. The lowest BCUT2D eigenvalue weighted by molar-refractivity contribution is -0.134. The second-order valence-electron chi connectivity index (χ2n) is 20.3. The monoisotopic (exact) mass is 936 g/mol. The second kappa shape index (κ2) is 18.2. The van der Waals surface area contributed by atoms with Gasteiger partial charge < -0.3 is 40.6 Å². The van der Waals surface area contributed by atoms with Crippen molar-refractivity contribution in [2.24, 2.45) is 11.3 Å². The molecule has 1 aliphatic carbocycles. The number of phenols is 1. The summed E-state index contributed by atoms with van der Waals surface area (Å²) in [6.07, 6.45) is 16.4. The van der Waals surface area contributed by atoms with Crippen LogP contribution in [-0.2, 0) is 9.59 Å². The summed E-state index contributed by atoms with van der Waals surface area (Å²) in [6, 6.07) is 13.0. The van der Waals surface area contributed by atoms with Crippen molar-refractivity contribution >= 4 is 50.7 Å². The summed E-state index contributed by atoms with van der Waals surface area (Å²) in [5.74, 6) is 0.621. The fourth-order valence-electron chi connectivity index (χ4n) is 11.9. The number of fused-ring (bicyclic) bond motifs is 4. The van der Waals surface area contributed by atoms with Gasteiger partial charge in [0.05, 0.1) is 29.2 Å². The van der Waals surface area contributed by atoms with Gasteiger partial charge in [0.2, 0.25) is 11.8 Å². The van der Waals surface area contributed by atoms with Gasteiger partial charge in [0, 0.05) is 85.0 Å². The van der Waals surface area contributed by atoms with Crippen LogP contribution in [0.25, 0.3) is 32.9 Å². The number of amides is 2. The molecule has 14 nitrogen and oxygen atoms in total. The Morgan fingerprint density at radius 2 is 1.75 bits per heavy atom. The third-order valence-corrected chi connectivity index (χ3v) is 15.9. The Labute approximate surface area is 400 Å². The molecule has 5 N–H and O–H groups in total. The third kappa shape index (κ3) is 8.74. The molecule has 16 heteroatoms. The van der Waals surface area contributed by atoms with Crippen molar-refractivity contribution < 1.29 is 28.2 Å². The number of imide groups is 1. The predicted octanol–water partition coefficient (Wildman–Crippen LogP) is 6.72. The van der Waals surface area contributed by atoms with Gasteiger partial charge in [-0.05, 0) is 125 Å². The number of halogens is 2. The van der Waals surface area contributed by atoms with E-state index < -0.39 is 23.5 Å². The van der Waals surface area contributed by atoms with Crippen LogP contribution in [0.2, 0.25) is 0 Å². The Bertz CT molecular complexity index is 2910. The number of ether oxygens (including phenoxy) is 1. The average molecular weight is 937 g/mol. The van der Waals surface area contributed by atoms with E-state index in [0.29, 0.717) is 72.3 Å². The van der Waals surface area contributed by atoms with Crippen LogP contribution in [0.4, 0.5) is 20.3 Å². The zero-order valence-electron chi connectivity index (χ0n) is 38.9. The summed E-state index contributed by atoms with van der Waals surface area (Å²) in [5.41, 5.74) is 3.07. The van der Waals surface area contributed by atoms with Gasteiger partial charge in [0.15, 0.2) is 5.82 Å². The van der Waals surface area contributed by atoms with Crippen molar-refractivity contribution in [2.75, 3.05) is 69.7 Å². The van der Waals surface area contributed by atoms with Crippen molar-refractivity contribution in [1.82, 2.24) is 35.4 Å². The smallest absolute Gasteiger partial charge is 0.319 e. The zero-order chi connectivity index (χ0) is 47.6. The number of likely N-dealkylation sites (tertiary alicyclic amines) is 2. The summed E-state index contributed by atoms with van der Waals surface area (Å²) in [4.78, 5) is 45.9. The first-order valence-electron chi connectivity index (χ1n) is 24.6. The minimum atomic E-state index is -0.728. The molecule has 7 heterocycles. The van der Waals surface area contributed by atoms with Crippen molar-refractivity contribution in [3.63, 3.8) is 0 Å². The highest BCUT2D eigenvalue weighted by Gasteiger charge is 2.46. The minimum absolute atomic E-state index is 0.0372. The fourth-order valence-corrected chi connectivity index (χ4v) is 11.9. The van der Waals surface area contributed by atoms with Crippen LogP contribution in [0, 0.1) is 40.7 Å². The van der Waals surface area contributed by atoms with Gasteiger partial charge >= 0.3 is 6.01 Å². The molecule has 5 saturated heterocycles. The number of phenolic OH excluding ortho intramolecular Hbond substituents is 1. The molecule has 2 bridgehead atoms. The number of benzene rings is 3. The summed E-state index contributed by atoms with van der Waals surface area (Å²) < 4.78 is 38.7. The molecule has 5 aliphatic heterocycles. The first kappa shape index (κ1) is 45.2. The molecule has 69 heavy (non-hydrogen) atoms. The lowest BCUT2D eigenvalue weighted by Crippen LogP contribution is -2.51. The Hall–Kier alpha value is -6.28. The largest absolute Gasteiger partial charge is 0.508 e. The molecule has 0 spiro atoms. The highest BCUT2D eigenvalue weighted by atomic mass is 19.1. The van der Waals surface area contributed by atoms with E-state index in [0.717, 1.165) is 89.8 Å². The van der Waals surface area contributed by atoms with Crippen molar-refractivity contribution in [3.8, 4) is 35.4 Å². The van der Waals surface area contributed by atoms with Crippen LogP contribution in [0.5, 0.6) is 11.8 Å². The van der Waals surface area contributed by atoms with Crippen LogP contribution in [0.3, 0.4) is 0 Å². The number of nitrogens with one attached hydrogen (secondary N) is 4. The molecule has 3 atom stereocenters. The molecule has 2 amide bonds. The number of piperazine rings is 1. The van der Waals surface area contributed by atoms with Gasteiger partial charge in [-0.2, -0.15) is 9.97 Å². The fraction of sp³-hybridized carbons (Fsp3) is 0.472. The Morgan fingerprint density at radius 3 is 2.46 bits per heavy atom. The maximum absolute atomic E-state index is 17.1. The number of pyridine rings is 1. The highest BCUT2D eigenvalue weighted by Crippen LogP contribution is 2.47. The molecule has 3 unspecified atom stereocenters. The van der Waals surface area contributed by atoms with Gasteiger partial charge in [0.25, 0.3) is 0 Å². The lowest BCUT2D eigenvalue weighted by Gasteiger charge is -2.42. The maximum atomic E-state index is 17.1. The van der Waals surface area contributed by atoms with E-state index in [1.807, 2.05) is 13.1 Å². The van der Waals surface area contributed by atoms with Gasteiger partial charge in [-0.1, -0.05) is 24.1 Å². The number of aromatic nitrogens is 3. The first-order chi connectivity index (χ1) is 33.5. The molecule has 358 valence electrons. The summed E-state index contributed by atoms with van der Waals surface area (Å²) in [7, 11) is 1.85. The average Bonchev–Trinajstić information content (AvgIpc) is 4.05. The third-order valence-electron chi connectivity index (χ3n) is 15.9. The number of aromatic hydroxyl groups is 1. The van der Waals surface area contributed by atoms with Gasteiger partial charge in [0.1, 0.15) is 28.6 Å². The van der Waals surface area contributed by atoms with E-state index in [4.69, 9.17) is 26.5 Å². The van der Waals surface area contributed by atoms with Crippen molar-refractivity contribution in [2.45, 2.75) is 88.3 Å². The van der Waals surface area contributed by atoms with E-state index in [2.05, 4.69) is 53.7 Å². The quantitative estimate of drug-likeness (QED) is 0.0510. The van der Waals surface area contributed by atoms with Crippen LogP contribution in [0.15, 0.2) is 48.7 Å². The van der Waals surface area contributed by atoms with Crippen molar-refractivity contribution in [1.29, 1.82) is 5.41 Å². The van der Waals surface area contributed by atoms with E-state index in [1.54, 1.807) is 6.20 Å². The van der Waals surface area contributed by atoms with Gasteiger partial charge in [-0.25, -0.2) is 8.78 Å². The van der Waals surface area contributed by atoms with E-state index in [9.17, 15) is 14.7 Å². The number of terminal acetylenes is 1. The minimum Gasteiger partial charge on any atom is -0.508 e. The molecular formula is C53H58F2N10O4. The van der Waals surface area contributed by atoms with E-state index in [-0.39, 0.29) is 62.9 Å². The van der Waals surface area contributed by atoms with Crippen LogP contribution in [0.1, 0.15) is 86.8 Å². The number of rotatable bonds is 12. The SMILES string of the molecule is C#Cc1c(F)ccc2cc(O)cc(-c3ncc4c(N5CC6CCC(C5)N6)nc(OCC5(CN6CCC(N7CCC(c8ccc(C(=N)C9CCC(=O)NC9=O)c(NC)c8)CC7)CC6)CC5)nc4c3F)c12. The topological polar surface area (TPSA) is 172 Å². The molecule has 0 radical (unpaired) electrons. The molecule has 6 fully saturated rings. The van der Waals surface area contributed by atoms with Gasteiger partial charge in [-0.3, -0.25) is 19.9 Å². The van der Waals surface area contributed by atoms with Crippen LogP contribution >= 0.6 is 0 Å². The maximum Gasteiger partial charge on any atom is 0.319 e.